The van der Waals surface area contributed by atoms with E-state index in [9.17, 15) is 14.7 Å². The van der Waals surface area contributed by atoms with Crippen LogP contribution in [0.15, 0.2) is 48.5 Å². The van der Waals surface area contributed by atoms with Crippen molar-refractivity contribution in [3.05, 3.63) is 59.7 Å². The highest BCUT2D eigenvalue weighted by Crippen LogP contribution is 2.33. The quantitative estimate of drug-likeness (QED) is 0.723. The van der Waals surface area contributed by atoms with Crippen molar-refractivity contribution >= 4 is 23.2 Å². The molecule has 0 bridgehead atoms. The number of hydrogen-bond donors (Lipinski definition) is 3. The number of aliphatic hydroxyl groups excluding tert-OH is 2. The van der Waals surface area contributed by atoms with E-state index in [-0.39, 0.29) is 25.0 Å². The van der Waals surface area contributed by atoms with Gasteiger partial charge in [0.1, 0.15) is 0 Å². The summed E-state index contributed by atoms with van der Waals surface area (Å²) in [5.74, 6) is -0.745. The minimum absolute atomic E-state index is 0.108. The molecule has 0 radical (unpaired) electrons. The maximum Gasteiger partial charge on any atom is 0.266 e. The molecular weight excluding hydrogens is 296 g/mol. The molecule has 0 aliphatic carbocycles. The Morgan fingerprint density at radius 3 is 2.13 bits per heavy atom. The van der Waals surface area contributed by atoms with E-state index in [1.54, 1.807) is 48.5 Å². The monoisotopic (exact) mass is 312 g/mol. The zero-order chi connectivity index (χ0) is 16.4. The number of fused-ring (bicyclic) bond motifs is 1. The number of carbonyl (C=O) groups is 2. The minimum Gasteiger partial charge on any atom is -0.394 e. The molecule has 6 heteroatoms. The van der Waals surface area contributed by atoms with Gasteiger partial charge in [-0.15, -0.1) is 0 Å². The first-order valence-corrected chi connectivity index (χ1v) is 7.23. The van der Waals surface area contributed by atoms with Gasteiger partial charge in [0.15, 0.2) is 0 Å². The van der Waals surface area contributed by atoms with Gasteiger partial charge in [0.25, 0.3) is 11.8 Å². The highest BCUT2D eigenvalue weighted by Gasteiger charge is 2.37. The van der Waals surface area contributed by atoms with Gasteiger partial charge in [-0.25, -0.2) is 4.90 Å². The third kappa shape index (κ3) is 2.69. The highest BCUT2D eigenvalue weighted by molar-refractivity contribution is 6.35. The van der Waals surface area contributed by atoms with Crippen LogP contribution in [0.1, 0.15) is 20.7 Å². The van der Waals surface area contributed by atoms with Crippen LogP contribution in [0.3, 0.4) is 0 Å². The van der Waals surface area contributed by atoms with Gasteiger partial charge in [-0.05, 0) is 24.3 Å². The van der Waals surface area contributed by atoms with Crippen molar-refractivity contribution in [1.82, 2.24) is 0 Å². The van der Waals surface area contributed by atoms with Crippen molar-refractivity contribution in [2.75, 3.05) is 23.4 Å². The Kier molecular flexibility index (Phi) is 4.10. The number of nitrogens with one attached hydrogen (secondary N) is 1. The zero-order valence-corrected chi connectivity index (χ0v) is 12.3. The highest BCUT2D eigenvalue weighted by atomic mass is 16.3. The number of hydrogen-bond acceptors (Lipinski definition) is 5. The molecule has 0 aromatic heterocycles. The van der Waals surface area contributed by atoms with Gasteiger partial charge in [0.2, 0.25) is 0 Å². The Hall–Kier alpha value is -2.70. The summed E-state index contributed by atoms with van der Waals surface area (Å²) in [5.41, 5.74) is 1.71. The van der Waals surface area contributed by atoms with Crippen LogP contribution in [0.5, 0.6) is 0 Å². The summed E-state index contributed by atoms with van der Waals surface area (Å²) in [5, 5.41) is 21.3. The number of imide groups is 1. The van der Waals surface area contributed by atoms with E-state index in [0.29, 0.717) is 22.5 Å². The molecule has 2 amide bonds. The van der Waals surface area contributed by atoms with Crippen LogP contribution in [0.2, 0.25) is 0 Å². The number of aliphatic hydroxyl groups is 2. The fourth-order valence-corrected chi connectivity index (χ4v) is 2.52. The zero-order valence-electron chi connectivity index (χ0n) is 12.3. The number of anilines is 2. The largest absolute Gasteiger partial charge is 0.394 e. The molecule has 3 N–H and O–H groups in total. The molecule has 0 spiro atoms. The van der Waals surface area contributed by atoms with Gasteiger partial charge in [0, 0.05) is 6.54 Å². The lowest BCUT2D eigenvalue weighted by Crippen LogP contribution is -2.31. The standard InChI is InChI=1S/C17H16N2O4/c20-10-11(21)9-18-14-7-3-4-8-15(14)19-16(22)12-5-1-2-6-13(12)17(19)23/h1-8,11,18,20-21H,9-10H2. The van der Waals surface area contributed by atoms with Gasteiger partial charge >= 0.3 is 0 Å². The minimum atomic E-state index is -0.926. The lowest BCUT2D eigenvalue weighted by Gasteiger charge is -2.20. The van der Waals surface area contributed by atoms with Crippen molar-refractivity contribution in [2.45, 2.75) is 6.10 Å². The molecule has 6 nitrogen and oxygen atoms in total. The van der Waals surface area contributed by atoms with E-state index < -0.39 is 6.10 Å². The van der Waals surface area contributed by atoms with E-state index in [2.05, 4.69) is 5.32 Å². The molecular formula is C17H16N2O4. The predicted octanol–water partition coefficient (Wildman–Crippen LogP) is 1.25. The topological polar surface area (TPSA) is 89.9 Å². The lowest BCUT2D eigenvalue weighted by atomic mass is 10.1. The Morgan fingerprint density at radius 1 is 0.957 bits per heavy atom. The SMILES string of the molecule is O=C1c2ccccc2C(=O)N1c1ccccc1NCC(O)CO. The third-order valence-corrected chi connectivity index (χ3v) is 3.68. The van der Waals surface area contributed by atoms with E-state index in [0.717, 1.165) is 4.90 Å². The second-order valence-corrected chi connectivity index (χ2v) is 5.23. The summed E-state index contributed by atoms with van der Waals surface area (Å²) < 4.78 is 0. The summed E-state index contributed by atoms with van der Waals surface area (Å²) in [6, 6.07) is 13.5. The van der Waals surface area contributed by atoms with Crippen molar-refractivity contribution in [2.24, 2.45) is 0 Å². The molecule has 1 aliphatic heterocycles. The average molecular weight is 312 g/mol. The molecule has 1 heterocycles. The molecule has 2 aromatic rings. The van der Waals surface area contributed by atoms with Crippen LogP contribution in [-0.4, -0.2) is 41.3 Å². The maximum atomic E-state index is 12.5. The molecule has 23 heavy (non-hydrogen) atoms. The van der Waals surface area contributed by atoms with Gasteiger partial charge in [-0.3, -0.25) is 9.59 Å². The molecule has 3 rings (SSSR count). The fraction of sp³-hybridized carbons (Fsp3) is 0.176. The number of nitrogens with zero attached hydrogens (tertiary/aromatic N) is 1. The van der Waals surface area contributed by atoms with E-state index in [4.69, 9.17) is 5.11 Å². The first-order chi connectivity index (χ1) is 11.1. The molecule has 118 valence electrons. The second kappa shape index (κ2) is 6.20. The van der Waals surface area contributed by atoms with Crippen molar-refractivity contribution in [1.29, 1.82) is 0 Å². The van der Waals surface area contributed by atoms with Crippen LogP contribution in [-0.2, 0) is 0 Å². The molecule has 1 aliphatic rings. The van der Waals surface area contributed by atoms with Crippen LogP contribution < -0.4 is 10.2 Å². The summed E-state index contributed by atoms with van der Waals surface area (Å²) in [6.07, 6.45) is -0.926. The first kappa shape index (κ1) is 15.2. The number of para-hydroxylation sites is 2. The smallest absolute Gasteiger partial charge is 0.266 e. The maximum absolute atomic E-state index is 12.5. The van der Waals surface area contributed by atoms with E-state index in [1.165, 1.54) is 0 Å². The number of amides is 2. The molecule has 0 saturated carbocycles. The summed E-state index contributed by atoms with van der Waals surface area (Å²) in [4.78, 5) is 26.2. The van der Waals surface area contributed by atoms with Crippen molar-refractivity contribution in [3.8, 4) is 0 Å². The third-order valence-electron chi connectivity index (χ3n) is 3.68. The van der Waals surface area contributed by atoms with Crippen LogP contribution >= 0.6 is 0 Å². The second-order valence-electron chi connectivity index (χ2n) is 5.23. The van der Waals surface area contributed by atoms with Crippen molar-refractivity contribution in [3.63, 3.8) is 0 Å². The Morgan fingerprint density at radius 2 is 1.52 bits per heavy atom. The lowest BCUT2D eigenvalue weighted by molar-refractivity contribution is 0.0926. The normalized spacial score (nSPS) is 14.8. The number of carbonyl (C=O) groups excluding carboxylic acids is 2. The van der Waals surface area contributed by atoms with Crippen LogP contribution in [0.25, 0.3) is 0 Å². The Bertz CT molecular complexity index is 725. The van der Waals surface area contributed by atoms with Crippen LogP contribution in [0.4, 0.5) is 11.4 Å². The van der Waals surface area contributed by atoms with E-state index in [1.807, 2.05) is 0 Å². The number of benzene rings is 2. The number of rotatable bonds is 5. The van der Waals surface area contributed by atoms with E-state index >= 15 is 0 Å². The molecule has 1 atom stereocenters. The van der Waals surface area contributed by atoms with Gasteiger partial charge in [0.05, 0.1) is 35.2 Å². The molecule has 1 unspecified atom stereocenters. The van der Waals surface area contributed by atoms with Crippen LogP contribution in [0, 0.1) is 0 Å². The molecule has 0 fully saturated rings. The predicted molar refractivity (Wildman–Crippen MR) is 85.6 cm³/mol. The van der Waals surface area contributed by atoms with Crippen molar-refractivity contribution < 1.29 is 19.8 Å². The fourth-order valence-electron chi connectivity index (χ4n) is 2.52. The molecule has 0 saturated heterocycles. The summed E-state index contributed by atoms with van der Waals surface area (Å²) >= 11 is 0. The first-order valence-electron chi connectivity index (χ1n) is 7.23. The van der Waals surface area contributed by atoms with Gasteiger partial charge in [-0.2, -0.15) is 0 Å². The summed E-state index contributed by atoms with van der Waals surface area (Å²) in [7, 11) is 0. The van der Waals surface area contributed by atoms with Gasteiger partial charge in [-0.1, -0.05) is 24.3 Å². The molecule has 2 aromatic carbocycles. The van der Waals surface area contributed by atoms with Gasteiger partial charge < -0.3 is 15.5 Å². The Balaban J connectivity index is 1.94. The Labute approximate surface area is 133 Å². The summed E-state index contributed by atoms with van der Waals surface area (Å²) in [6.45, 7) is -0.265. The average Bonchev–Trinajstić information content (AvgIpc) is 2.84.